The second kappa shape index (κ2) is 5.69. The predicted octanol–water partition coefficient (Wildman–Crippen LogP) is 3.69. The summed E-state index contributed by atoms with van der Waals surface area (Å²) in [5.41, 5.74) is 0.830. The summed E-state index contributed by atoms with van der Waals surface area (Å²) in [6, 6.07) is 15.1. The molecule has 0 N–H and O–H groups in total. The minimum Gasteiger partial charge on any atom is -0.277 e. The van der Waals surface area contributed by atoms with Gasteiger partial charge in [0.25, 0.3) is 0 Å². The molecule has 2 aromatic carbocycles. The highest BCUT2D eigenvalue weighted by molar-refractivity contribution is 7.81. The van der Waals surface area contributed by atoms with Crippen LogP contribution in [0, 0.1) is 5.82 Å². The Balaban J connectivity index is 2.51. The topological polar surface area (TPSA) is 20.3 Å². The molecule has 2 rings (SSSR count). The zero-order valence-corrected chi connectivity index (χ0v) is 10.4. The molecular formula is C14H11FNOS. The SMILES string of the molecule is O=C(C[S])N(c1ccccc1)c1ccccc1F. The van der Waals surface area contributed by atoms with Crippen LogP contribution in [-0.4, -0.2) is 11.7 Å². The van der Waals surface area contributed by atoms with Gasteiger partial charge in [0.05, 0.1) is 11.4 Å². The molecule has 0 aromatic heterocycles. The molecule has 0 heterocycles. The molecular weight excluding hydrogens is 249 g/mol. The first-order chi connectivity index (χ1) is 8.74. The summed E-state index contributed by atoms with van der Waals surface area (Å²) in [6.07, 6.45) is 0. The van der Waals surface area contributed by atoms with E-state index in [-0.39, 0.29) is 17.3 Å². The van der Waals surface area contributed by atoms with Gasteiger partial charge < -0.3 is 0 Å². The summed E-state index contributed by atoms with van der Waals surface area (Å²) in [6.45, 7) is 0. The lowest BCUT2D eigenvalue weighted by molar-refractivity contribution is -0.115. The summed E-state index contributed by atoms with van der Waals surface area (Å²) >= 11 is 4.78. The zero-order chi connectivity index (χ0) is 13.0. The Kier molecular flexibility index (Phi) is 3.99. The van der Waals surface area contributed by atoms with Crippen LogP contribution in [-0.2, 0) is 4.79 Å². The average molecular weight is 260 g/mol. The van der Waals surface area contributed by atoms with Crippen molar-refractivity contribution in [1.82, 2.24) is 0 Å². The van der Waals surface area contributed by atoms with Crippen LogP contribution in [0.15, 0.2) is 54.6 Å². The van der Waals surface area contributed by atoms with Crippen LogP contribution >= 0.6 is 12.6 Å². The van der Waals surface area contributed by atoms with Crippen molar-refractivity contribution in [2.45, 2.75) is 0 Å². The average Bonchev–Trinajstić information content (AvgIpc) is 2.42. The lowest BCUT2D eigenvalue weighted by Gasteiger charge is -2.22. The van der Waals surface area contributed by atoms with Gasteiger partial charge in [0.2, 0.25) is 5.91 Å². The number of hydrogen-bond acceptors (Lipinski definition) is 1. The van der Waals surface area contributed by atoms with Gasteiger partial charge >= 0.3 is 0 Å². The van der Waals surface area contributed by atoms with Crippen molar-refractivity contribution < 1.29 is 9.18 Å². The van der Waals surface area contributed by atoms with Gasteiger partial charge in [-0.3, -0.25) is 9.69 Å². The standard InChI is InChI=1S/C14H11FNOS/c15-12-8-4-5-9-13(12)16(14(17)10-18)11-6-2-1-3-7-11/h1-9H,10H2. The number of hydrogen-bond donors (Lipinski definition) is 0. The van der Waals surface area contributed by atoms with E-state index in [1.807, 2.05) is 6.07 Å². The highest BCUT2D eigenvalue weighted by Crippen LogP contribution is 2.27. The highest BCUT2D eigenvalue weighted by atomic mass is 32.1. The molecule has 0 saturated heterocycles. The molecule has 0 aliphatic heterocycles. The maximum atomic E-state index is 13.8. The predicted molar refractivity (Wildman–Crippen MR) is 72.4 cm³/mol. The van der Waals surface area contributed by atoms with Gasteiger partial charge in [-0.25, -0.2) is 4.39 Å². The van der Waals surface area contributed by atoms with Crippen molar-refractivity contribution in [3.8, 4) is 0 Å². The van der Waals surface area contributed by atoms with Crippen LogP contribution in [0.25, 0.3) is 0 Å². The molecule has 2 aromatic rings. The van der Waals surface area contributed by atoms with E-state index in [9.17, 15) is 9.18 Å². The van der Waals surface area contributed by atoms with Crippen LogP contribution in [0.1, 0.15) is 0 Å². The normalized spacial score (nSPS) is 10.1. The number of anilines is 2. The van der Waals surface area contributed by atoms with Crippen molar-refractivity contribution in [3.63, 3.8) is 0 Å². The number of benzene rings is 2. The van der Waals surface area contributed by atoms with Crippen molar-refractivity contribution in [3.05, 3.63) is 60.4 Å². The maximum absolute atomic E-state index is 13.8. The molecule has 0 bridgehead atoms. The Labute approximate surface area is 110 Å². The first kappa shape index (κ1) is 12.6. The molecule has 0 saturated carbocycles. The molecule has 18 heavy (non-hydrogen) atoms. The molecule has 0 fully saturated rings. The van der Waals surface area contributed by atoms with Crippen LogP contribution < -0.4 is 4.90 Å². The van der Waals surface area contributed by atoms with Crippen molar-refractivity contribution >= 4 is 29.9 Å². The summed E-state index contributed by atoms with van der Waals surface area (Å²) in [4.78, 5) is 13.2. The quantitative estimate of drug-likeness (QED) is 0.824. The Morgan fingerprint density at radius 1 is 1.06 bits per heavy atom. The fourth-order valence-electron chi connectivity index (χ4n) is 1.69. The largest absolute Gasteiger partial charge is 0.277 e. The van der Waals surface area contributed by atoms with Gasteiger partial charge in [0.1, 0.15) is 5.82 Å². The van der Waals surface area contributed by atoms with Gasteiger partial charge in [0, 0.05) is 5.69 Å². The maximum Gasteiger partial charge on any atom is 0.242 e. The van der Waals surface area contributed by atoms with Gasteiger partial charge in [-0.05, 0) is 24.3 Å². The monoisotopic (exact) mass is 260 g/mol. The summed E-state index contributed by atoms with van der Waals surface area (Å²) in [5, 5.41) is 0. The third-order valence-electron chi connectivity index (χ3n) is 2.48. The second-order valence-corrected chi connectivity index (χ2v) is 3.95. The third-order valence-corrected chi connectivity index (χ3v) is 2.73. The Bertz CT molecular complexity index is 545. The van der Waals surface area contributed by atoms with Gasteiger partial charge in [-0.2, -0.15) is 0 Å². The highest BCUT2D eigenvalue weighted by Gasteiger charge is 2.19. The molecule has 1 radical (unpaired) electrons. The first-order valence-corrected chi connectivity index (χ1v) is 6.02. The molecule has 0 unspecified atom stereocenters. The first-order valence-electron chi connectivity index (χ1n) is 5.44. The van der Waals surface area contributed by atoms with E-state index < -0.39 is 5.82 Å². The fourth-order valence-corrected chi connectivity index (χ4v) is 1.82. The zero-order valence-electron chi connectivity index (χ0n) is 9.54. The number of halogens is 1. The second-order valence-electron chi connectivity index (χ2n) is 3.66. The molecule has 2 nitrogen and oxygen atoms in total. The minimum atomic E-state index is -0.446. The Hall–Kier alpha value is -1.81. The number of nitrogens with zero attached hydrogens (tertiary/aromatic N) is 1. The van der Waals surface area contributed by atoms with E-state index in [0.29, 0.717) is 5.69 Å². The smallest absolute Gasteiger partial charge is 0.242 e. The Morgan fingerprint density at radius 2 is 1.67 bits per heavy atom. The third kappa shape index (κ3) is 2.54. The molecule has 4 heteroatoms. The van der Waals surface area contributed by atoms with Crippen LogP contribution in [0.3, 0.4) is 0 Å². The summed E-state index contributed by atoms with van der Waals surface area (Å²) in [5.74, 6) is -0.858. The van der Waals surface area contributed by atoms with E-state index in [2.05, 4.69) is 0 Å². The van der Waals surface area contributed by atoms with Crippen molar-refractivity contribution in [2.24, 2.45) is 0 Å². The molecule has 0 atom stereocenters. The van der Waals surface area contributed by atoms with E-state index in [1.165, 1.54) is 11.0 Å². The van der Waals surface area contributed by atoms with Crippen LogP contribution in [0.4, 0.5) is 15.8 Å². The molecule has 1 amide bonds. The number of carbonyl (C=O) groups is 1. The van der Waals surface area contributed by atoms with E-state index in [4.69, 9.17) is 12.6 Å². The Morgan fingerprint density at radius 3 is 2.28 bits per heavy atom. The molecule has 0 aliphatic rings. The number of amides is 1. The fraction of sp³-hybridized carbons (Fsp3) is 0.0714. The van der Waals surface area contributed by atoms with E-state index in [1.54, 1.807) is 42.5 Å². The van der Waals surface area contributed by atoms with E-state index in [0.717, 1.165) is 0 Å². The summed E-state index contributed by atoms with van der Waals surface area (Å²) < 4.78 is 13.8. The molecule has 0 spiro atoms. The number of rotatable bonds is 3. The lowest BCUT2D eigenvalue weighted by atomic mass is 10.2. The number of carbonyl (C=O) groups excluding carboxylic acids is 1. The molecule has 0 aliphatic carbocycles. The molecule has 91 valence electrons. The number of para-hydroxylation sites is 2. The van der Waals surface area contributed by atoms with Gasteiger partial charge in [-0.15, -0.1) is 0 Å². The van der Waals surface area contributed by atoms with E-state index >= 15 is 0 Å². The van der Waals surface area contributed by atoms with Gasteiger partial charge in [-0.1, -0.05) is 43.0 Å². The van der Waals surface area contributed by atoms with Gasteiger partial charge in [0.15, 0.2) is 0 Å². The van der Waals surface area contributed by atoms with Crippen LogP contribution in [0.5, 0.6) is 0 Å². The minimum absolute atomic E-state index is 0.0940. The lowest BCUT2D eigenvalue weighted by Crippen LogP contribution is -2.27. The van der Waals surface area contributed by atoms with Crippen LogP contribution in [0.2, 0.25) is 0 Å². The van der Waals surface area contributed by atoms with Crippen molar-refractivity contribution in [1.29, 1.82) is 0 Å². The summed E-state index contributed by atoms with van der Waals surface area (Å²) in [7, 11) is 0. The van der Waals surface area contributed by atoms with Crippen molar-refractivity contribution in [2.75, 3.05) is 10.7 Å².